The van der Waals surface area contributed by atoms with E-state index in [0.29, 0.717) is 6.54 Å². The summed E-state index contributed by atoms with van der Waals surface area (Å²) in [6, 6.07) is 14.4. The Hall–Kier alpha value is -1.17. The average Bonchev–Trinajstić information content (AvgIpc) is 2.90. The minimum atomic E-state index is -0.00869. The van der Waals surface area contributed by atoms with Gasteiger partial charge in [0.25, 0.3) is 5.91 Å². The van der Waals surface area contributed by atoms with Gasteiger partial charge in [-0.3, -0.25) is 4.79 Å². The summed E-state index contributed by atoms with van der Waals surface area (Å²) in [5.41, 5.74) is 1.28. The number of benzene rings is 1. The van der Waals surface area contributed by atoms with Crippen molar-refractivity contribution in [3.63, 3.8) is 0 Å². The van der Waals surface area contributed by atoms with Crippen molar-refractivity contribution in [3.05, 3.63) is 56.7 Å². The highest BCUT2D eigenvalue weighted by molar-refractivity contribution is 9.11. The minimum absolute atomic E-state index is 0.00869. The summed E-state index contributed by atoms with van der Waals surface area (Å²) in [7, 11) is 4.09. The van der Waals surface area contributed by atoms with Crippen LogP contribution in [0.15, 0.2) is 46.3 Å². The molecule has 1 aromatic heterocycles. The van der Waals surface area contributed by atoms with Crippen LogP contribution in [0.25, 0.3) is 0 Å². The van der Waals surface area contributed by atoms with Gasteiger partial charge in [-0.2, -0.15) is 0 Å². The van der Waals surface area contributed by atoms with Gasteiger partial charge in [0.1, 0.15) is 0 Å². The molecule has 1 heterocycles. The zero-order chi connectivity index (χ0) is 15.2. The van der Waals surface area contributed by atoms with Crippen LogP contribution in [-0.4, -0.2) is 37.5 Å². The van der Waals surface area contributed by atoms with Gasteiger partial charge in [-0.05, 0) is 54.1 Å². The molecule has 2 aromatic rings. The maximum absolute atomic E-state index is 12.1. The highest BCUT2D eigenvalue weighted by Gasteiger charge is 2.15. The van der Waals surface area contributed by atoms with Crippen molar-refractivity contribution >= 4 is 33.2 Å². The topological polar surface area (TPSA) is 32.3 Å². The van der Waals surface area contributed by atoms with E-state index in [1.54, 1.807) is 0 Å². The van der Waals surface area contributed by atoms with Crippen LogP contribution in [0.5, 0.6) is 0 Å². The molecule has 0 aliphatic heterocycles. The summed E-state index contributed by atoms with van der Waals surface area (Å²) >= 11 is 4.83. The molecular weight excluding hydrogens is 348 g/mol. The molecule has 1 N–H and O–H groups in total. The summed E-state index contributed by atoms with van der Waals surface area (Å²) in [6.07, 6.45) is 0.919. The second kappa shape index (κ2) is 7.73. The Kier molecular flexibility index (Phi) is 5.96. The zero-order valence-electron chi connectivity index (χ0n) is 12.2. The molecule has 0 radical (unpaired) electrons. The number of hydrogen-bond acceptors (Lipinski definition) is 3. The van der Waals surface area contributed by atoms with Crippen molar-refractivity contribution in [2.45, 2.75) is 12.5 Å². The highest BCUT2D eigenvalue weighted by atomic mass is 79.9. The molecule has 0 aliphatic rings. The lowest BCUT2D eigenvalue weighted by Crippen LogP contribution is -2.41. The molecule has 112 valence electrons. The largest absolute Gasteiger partial charge is 0.350 e. The van der Waals surface area contributed by atoms with Gasteiger partial charge in [0, 0.05) is 12.6 Å². The lowest BCUT2D eigenvalue weighted by Gasteiger charge is -2.24. The first-order valence-corrected chi connectivity index (χ1v) is 8.41. The lowest BCUT2D eigenvalue weighted by atomic mass is 10.1. The summed E-state index contributed by atoms with van der Waals surface area (Å²) in [6.45, 7) is 0.635. The number of hydrogen-bond donors (Lipinski definition) is 1. The molecule has 0 spiro atoms. The van der Waals surface area contributed by atoms with Crippen molar-refractivity contribution < 1.29 is 4.79 Å². The van der Waals surface area contributed by atoms with Crippen molar-refractivity contribution in [1.29, 1.82) is 0 Å². The van der Waals surface area contributed by atoms with E-state index in [1.807, 2.05) is 44.4 Å². The number of rotatable bonds is 6. The fourth-order valence-corrected chi connectivity index (χ4v) is 3.36. The lowest BCUT2D eigenvalue weighted by molar-refractivity contribution is 0.0946. The van der Waals surface area contributed by atoms with Crippen molar-refractivity contribution in [3.8, 4) is 0 Å². The van der Waals surface area contributed by atoms with Crippen LogP contribution in [-0.2, 0) is 6.42 Å². The summed E-state index contributed by atoms with van der Waals surface area (Å²) in [5, 5.41) is 3.02. The average molecular weight is 367 g/mol. The maximum Gasteiger partial charge on any atom is 0.261 e. The Labute approximate surface area is 138 Å². The highest BCUT2D eigenvalue weighted by Crippen LogP contribution is 2.21. The first-order valence-electron chi connectivity index (χ1n) is 6.80. The Morgan fingerprint density at radius 2 is 1.95 bits per heavy atom. The van der Waals surface area contributed by atoms with Crippen LogP contribution in [0.4, 0.5) is 0 Å². The standard InChI is InChI=1S/C16H19BrN2OS/c1-19(2)13(10-12-6-4-3-5-7-12)11-18-16(20)14-8-9-15(17)21-14/h3-9,13H,10-11H2,1-2H3,(H,18,20). The van der Waals surface area contributed by atoms with Crippen LogP contribution in [0.2, 0.25) is 0 Å². The first-order chi connectivity index (χ1) is 10.1. The van der Waals surface area contributed by atoms with Crippen molar-refractivity contribution in [1.82, 2.24) is 10.2 Å². The smallest absolute Gasteiger partial charge is 0.261 e. The number of carbonyl (C=O) groups is 1. The summed E-state index contributed by atoms with van der Waals surface area (Å²) in [4.78, 5) is 15.0. The molecule has 21 heavy (non-hydrogen) atoms. The molecule has 1 aromatic carbocycles. The number of nitrogens with one attached hydrogen (secondary N) is 1. The molecule has 0 saturated heterocycles. The molecule has 0 aliphatic carbocycles. The van der Waals surface area contributed by atoms with Gasteiger partial charge in [-0.15, -0.1) is 11.3 Å². The fraction of sp³-hybridized carbons (Fsp3) is 0.312. The quantitative estimate of drug-likeness (QED) is 0.849. The second-order valence-electron chi connectivity index (χ2n) is 5.12. The molecule has 0 bridgehead atoms. The summed E-state index contributed by atoms with van der Waals surface area (Å²) < 4.78 is 0.973. The molecule has 2 rings (SSSR count). The van der Waals surface area contributed by atoms with Crippen LogP contribution in [0, 0.1) is 0 Å². The Balaban J connectivity index is 1.93. The molecule has 3 nitrogen and oxygen atoms in total. The number of thiophene rings is 1. The Morgan fingerprint density at radius 1 is 1.24 bits per heavy atom. The minimum Gasteiger partial charge on any atom is -0.350 e. The van der Waals surface area contributed by atoms with E-state index in [4.69, 9.17) is 0 Å². The monoisotopic (exact) mass is 366 g/mol. The third-order valence-corrected chi connectivity index (χ3v) is 4.96. The Bertz CT molecular complexity index is 583. The fourth-order valence-electron chi connectivity index (χ4n) is 2.06. The van der Waals surface area contributed by atoms with Crippen LogP contribution in [0.3, 0.4) is 0 Å². The van der Waals surface area contributed by atoms with Gasteiger partial charge in [0.05, 0.1) is 8.66 Å². The number of nitrogens with zero attached hydrogens (tertiary/aromatic N) is 1. The third-order valence-electron chi connectivity index (χ3n) is 3.34. The summed E-state index contributed by atoms with van der Waals surface area (Å²) in [5.74, 6) is -0.00869. The number of halogens is 1. The van der Waals surface area contributed by atoms with E-state index >= 15 is 0 Å². The van der Waals surface area contributed by atoms with Gasteiger partial charge in [-0.1, -0.05) is 30.3 Å². The van der Waals surface area contributed by atoms with E-state index in [1.165, 1.54) is 16.9 Å². The first kappa shape index (κ1) is 16.2. The molecule has 1 atom stereocenters. The van der Waals surface area contributed by atoms with Gasteiger partial charge >= 0.3 is 0 Å². The maximum atomic E-state index is 12.1. The molecule has 1 amide bonds. The normalized spacial score (nSPS) is 12.4. The van der Waals surface area contributed by atoms with Crippen LogP contribution in [0.1, 0.15) is 15.2 Å². The van der Waals surface area contributed by atoms with Gasteiger partial charge in [0.2, 0.25) is 0 Å². The van der Waals surface area contributed by atoms with Crippen LogP contribution >= 0.6 is 27.3 Å². The SMILES string of the molecule is CN(C)C(CNC(=O)c1ccc(Br)s1)Cc1ccccc1. The third kappa shape index (κ3) is 4.95. The van der Waals surface area contributed by atoms with E-state index in [-0.39, 0.29) is 11.9 Å². The molecule has 1 unspecified atom stereocenters. The molecule has 0 fully saturated rings. The number of carbonyl (C=O) groups excluding carboxylic acids is 1. The van der Waals surface area contributed by atoms with Crippen molar-refractivity contribution in [2.24, 2.45) is 0 Å². The van der Waals surface area contributed by atoms with Gasteiger partial charge < -0.3 is 10.2 Å². The Morgan fingerprint density at radius 3 is 2.52 bits per heavy atom. The van der Waals surface area contributed by atoms with E-state index in [0.717, 1.165) is 15.1 Å². The number of likely N-dealkylation sites (N-methyl/N-ethyl adjacent to an activating group) is 1. The molecule has 0 saturated carbocycles. The van der Waals surface area contributed by atoms with Gasteiger partial charge in [0.15, 0.2) is 0 Å². The van der Waals surface area contributed by atoms with Gasteiger partial charge in [-0.25, -0.2) is 0 Å². The zero-order valence-corrected chi connectivity index (χ0v) is 14.6. The molecule has 5 heteroatoms. The van der Waals surface area contributed by atoms with E-state index in [9.17, 15) is 4.79 Å². The van der Waals surface area contributed by atoms with E-state index in [2.05, 4.69) is 38.3 Å². The van der Waals surface area contributed by atoms with Crippen molar-refractivity contribution in [2.75, 3.05) is 20.6 Å². The predicted octanol–water partition coefficient (Wildman–Crippen LogP) is 3.41. The molecular formula is C16H19BrN2OS. The van der Waals surface area contributed by atoms with E-state index < -0.39 is 0 Å². The number of amides is 1. The van der Waals surface area contributed by atoms with Crippen LogP contribution < -0.4 is 5.32 Å². The predicted molar refractivity (Wildman–Crippen MR) is 92.0 cm³/mol. The second-order valence-corrected chi connectivity index (χ2v) is 7.58.